The maximum absolute atomic E-state index is 12.8. The van der Waals surface area contributed by atoms with Gasteiger partial charge in [-0.15, -0.1) is 0 Å². The molecular weight excluding hydrogens is 440 g/mol. The van der Waals surface area contributed by atoms with E-state index in [0.29, 0.717) is 29.5 Å². The topological polar surface area (TPSA) is 79.1 Å². The van der Waals surface area contributed by atoms with Crippen LogP contribution in [0.25, 0.3) is 10.9 Å². The van der Waals surface area contributed by atoms with Crippen LogP contribution in [0.15, 0.2) is 29.1 Å². The first-order chi connectivity index (χ1) is 16.1. The van der Waals surface area contributed by atoms with Crippen molar-refractivity contribution in [1.29, 1.82) is 0 Å². The average Bonchev–Trinajstić information content (AvgIpc) is 3.35. The summed E-state index contributed by atoms with van der Waals surface area (Å²) in [4.78, 5) is 20.3. The minimum atomic E-state index is -0.108. The molecule has 0 amide bonds. The van der Waals surface area contributed by atoms with Crippen LogP contribution in [0.4, 0.5) is 0 Å². The van der Waals surface area contributed by atoms with Gasteiger partial charge in [-0.05, 0) is 61.6 Å². The number of benzene rings is 1. The molecule has 9 heteroatoms. The SMILES string of the molecule is COc1ccc2cc(CN(CC3CCCO3)C(=S)NCCCN3CCOCC3)c(=O)[nH]c2c1. The highest BCUT2D eigenvalue weighted by molar-refractivity contribution is 7.80. The predicted molar refractivity (Wildman–Crippen MR) is 133 cm³/mol. The van der Waals surface area contributed by atoms with Gasteiger partial charge in [0.25, 0.3) is 5.56 Å². The minimum absolute atomic E-state index is 0.108. The number of H-pyrrole nitrogens is 1. The number of nitrogens with zero attached hydrogens (tertiary/aromatic N) is 2. The minimum Gasteiger partial charge on any atom is -0.497 e. The van der Waals surface area contributed by atoms with Crippen molar-refractivity contribution < 1.29 is 14.2 Å². The van der Waals surface area contributed by atoms with Crippen molar-refractivity contribution in [2.75, 3.05) is 59.7 Å². The number of thiocarbonyl (C=S) groups is 1. The maximum Gasteiger partial charge on any atom is 0.253 e. The molecule has 2 aliphatic rings. The van der Waals surface area contributed by atoms with Gasteiger partial charge in [0.05, 0.1) is 38.5 Å². The molecule has 0 saturated carbocycles. The molecular formula is C24H34N4O4S. The zero-order valence-corrected chi connectivity index (χ0v) is 20.1. The van der Waals surface area contributed by atoms with Crippen LogP contribution in [-0.4, -0.2) is 85.7 Å². The number of morpholine rings is 1. The number of hydrogen-bond donors (Lipinski definition) is 2. The molecule has 0 bridgehead atoms. The molecule has 2 N–H and O–H groups in total. The Morgan fingerprint density at radius 1 is 1.30 bits per heavy atom. The van der Waals surface area contributed by atoms with E-state index < -0.39 is 0 Å². The van der Waals surface area contributed by atoms with Gasteiger partial charge in [-0.25, -0.2) is 0 Å². The van der Waals surface area contributed by atoms with Crippen molar-refractivity contribution >= 4 is 28.2 Å². The van der Waals surface area contributed by atoms with Crippen molar-refractivity contribution in [1.82, 2.24) is 20.1 Å². The van der Waals surface area contributed by atoms with Crippen molar-refractivity contribution in [2.24, 2.45) is 0 Å². The van der Waals surface area contributed by atoms with E-state index in [1.165, 1.54) is 0 Å². The Bertz CT molecular complexity index is 986. The standard InChI is InChI=1S/C24H34N4O4S/c1-30-20-6-5-18-14-19(23(29)26-22(18)15-20)16-28(17-21-4-2-11-32-21)24(33)25-7-3-8-27-9-12-31-13-10-27/h5-6,14-15,21H,2-4,7-13,16-17H2,1H3,(H,25,33)(H,26,29). The van der Waals surface area contributed by atoms with Crippen molar-refractivity contribution in [2.45, 2.75) is 31.9 Å². The number of fused-ring (bicyclic) bond motifs is 1. The Morgan fingerprint density at radius 3 is 2.91 bits per heavy atom. The third-order valence-corrected chi connectivity index (χ3v) is 6.66. The lowest BCUT2D eigenvalue weighted by Crippen LogP contribution is -2.45. The summed E-state index contributed by atoms with van der Waals surface area (Å²) in [5.41, 5.74) is 1.34. The summed E-state index contributed by atoms with van der Waals surface area (Å²) in [6.45, 7) is 7.34. The van der Waals surface area contributed by atoms with Gasteiger partial charge in [0.1, 0.15) is 5.75 Å². The summed E-state index contributed by atoms with van der Waals surface area (Å²) in [6, 6.07) is 7.64. The highest BCUT2D eigenvalue weighted by atomic mass is 32.1. The fourth-order valence-corrected chi connectivity index (χ4v) is 4.60. The second-order valence-corrected chi connectivity index (χ2v) is 9.02. The van der Waals surface area contributed by atoms with Crippen LogP contribution >= 0.6 is 12.2 Å². The Kier molecular flexibility index (Phi) is 8.55. The molecule has 2 aliphatic heterocycles. The number of aromatic nitrogens is 1. The molecule has 1 atom stereocenters. The summed E-state index contributed by atoms with van der Waals surface area (Å²) in [5.74, 6) is 0.716. The molecule has 2 fully saturated rings. The van der Waals surface area contributed by atoms with Gasteiger partial charge < -0.3 is 29.4 Å². The summed E-state index contributed by atoms with van der Waals surface area (Å²) in [6.07, 6.45) is 3.23. The van der Waals surface area contributed by atoms with Gasteiger partial charge in [-0.2, -0.15) is 0 Å². The first-order valence-electron chi connectivity index (χ1n) is 11.8. The summed E-state index contributed by atoms with van der Waals surface area (Å²) in [7, 11) is 1.62. The lowest BCUT2D eigenvalue weighted by atomic mass is 10.1. The first kappa shape index (κ1) is 23.9. The fourth-order valence-electron chi connectivity index (χ4n) is 4.36. The second kappa shape index (κ2) is 11.8. The predicted octanol–water partition coefficient (Wildman–Crippen LogP) is 2.11. The van der Waals surface area contributed by atoms with Gasteiger partial charge in [0.15, 0.2) is 5.11 Å². The van der Waals surface area contributed by atoms with E-state index in [-0.39, 0.29) is 11.7 Å². The van der Waals surface area contributed by atoms with E-state index in [9.17, 15) is 4.79 Å². The number of rotatable bonds is 9. The van der Waals surface area contributed by atoms with Crippen LogP contribution in [0.5, 0.6) is 5.75 Å². The molecule has 33 heavy (non-hydrogen) atoms. The fraction of sp³-hybridized carbons (Fsp3) is 0.583. The lowest BCUT2D eigenvalue weighted by molar-refractivity contribution is 0.0375. The van der Waals surface area contributed by atoms with E-state index in [4.69, 9.17) is 26.4 Å². The highest BCUT2D eigenvalue weighted by Crippen LogP contribution is 2.20. The average molecular weight is 475 g/mol. The number of pyridine rings is 1. The molecule has 4 rings (SSSR count). The molecule has 2 saturated heterocycles. The molecule has 8 nitrogen and oxygen atoms in total. The van der Waals surface area contributed by atoms with E-state index in [0.717, 1.165) is 76.2 Å². The maximum atomic E-state index is 12.8. The van der Waals surface area contributed by atoms with E-state index in [1.54, 1.807) is 7.11 Å². The molecule has 180 valence electrons. The summed E-state index contributed by atoms with van der Waals surface area (Å²) in [5, 5.41) is 5.04. The van der Waals surface area contributed by atoms with Crippen molar-refractivity contribution in [3.63, 3.8) is 0 Å². The summed E-state index contributed by atoms with van der Waals surface area (Å²) >= 11 is 5.75. The van der Waals surface area contributed by atoms with Crippen LogP contribution in [0, 0.1) is 0 Å². The van der Waals surface area contributed by atoms with Crippen LogP contribution in [0.3, 0.4) is 0 Å². The zero-order valence-electron chi connectivity index (χ0n) is 19.3. The lowest BCUT2D eigenvalue weighted by Gasteiger charge is -2.29. The molecule has 1 aromatic heterocycles. The van der Waals surface area contributed by atoms with Crippen molar-refractivity contribution in [3.05, 3.63) is 40.2 Å². The monoisotopic (exact) mass is 474 g/mol. The number of nitrogens with one attached hydrogen (secondary N) is 2. The largest absolute Gasteiger partial charge is 0.497 e. The third kappa shape index (κ3) is 6.66. The van der Waals surface area contributed by atoms with E-state index in [1.807, 2.05) is 24.3 Å². The van der Waals surface area contributed by atoms with Gasteiger partial charge in [-0.1, -0.05) is 0 Å². The molecule has 0 aliphatic carbocycles. The normalized spacial score (nSPS) is 19.0. The number of aromatic amines is 1. The van der Waals surface area contributed by atoms with Crippen LogP contribution in [-0.2, 0) is 16.0 Å². The Labute approximate surface area is 200 Å². The van der Waals surface area contributed by atoms with Crippen LogP contribution in [0.2, 0.25) is 0 Å². The Hall–Kier alpha value is -2.20. The van der Waals surface area contributed by atoms with Crippen LogP contribution < -0.4 is 15.6 Å². The quantitative estimate of drug-likeness (QED) is 0.423. The second-order valence-electron chi connectivity index (χ2n) is 8.63. The van der Waals surface area contributed by atoms with E-state index in [2.05, 4.69) is 20.1 Å². The van der Waals surface area contributed by atoms with Gasteiger partial charge in [-0.3, -0.25) is 9.69 Å². The smallest absolute Gasteiger partial charge is 0.253 e. The number of hydrogen-bond acceptors (Lipinski definition) is 6. The molecule has 1 unspecified atom stereocenters. The molecule has 0 radical (unpaired) electrons. The van der Waals surface area contributed by atoms with Gasteiger partial charge in [0.2, 0.25) is 0 Å². The number of ether oxygens (including phenoxy) is 3. The Balaban J connectivity index is 1.40. The molecule has 1 aromatic carbocycles. The number of methoxy groups -OCH3 is 1. The zero-order chi connectivity index (χ0) is 23.0. The van der Waals surface area contributed by atoms with Crippen LogP contribution in [0.1, 0.15) is 24.8 Å². The molecule has 0 spiro atoms. The molecule has 2 aromatic rings. The van der Waals surface area contributed by atoms with E-state index >= 15 is 0 Å². The summed E-state index contributed by atoms with van der Waals surface area (Å²) < 4.78 is 16.5. The van der Waals surface area contributed by atoms with Gasteiger partial charge in [0, 0.05) is 44.4 Å². The molecule has 3 heterocycles. The first-order valence-corrected chi connectivity index (χ1v) is 12.2. The third-order valence-electron chi connectivity index (χ3n) is 6.26. The Morgan fingerprint density at radius 2 is 2.15 bits per heavy atom. The van der Waals surface area contributed by atoms with Gasteiger partial charge >= 0.3 is 0 Å². The van der Waals surface area contributed by atoms with Crippen molar-refractivity contribution in [3.8, 4) is 5.75 Å². The highest BCUT2D eigenvalue weighted by Gasteiger charge is 2.22.